The maximum atomic E-state index is 9.72. The first-order chi connectivity index (χ1) is 7.35. The summed E-state index contributed by atoms with van der Waals surface area (Å²) in [6, 6.07) is 4.23. The quantitative estimate of drug-likeness (QED) is 0.894. The molecule has 2 nitrogen and oxygen atoms in total. The number of hydrogen-bond donors (Lipinski definition) is 2. The van der Waals surface area contributed by atoms with Crippen LogP contribution in [-0.4, -0.2) is 22.4 Å². The van der Waals surface area contributed by atoms with Gasteiger partial charge in [-0.1, -0.05) is 28.1 Å². The summed E-state index contributed by atoms with van der Waals surface area (Å²) in [7, 11) is 0. The van der Waals surface area contributed by atoms with Crippen LogP contribution in [0.4, 0.5) is 0 Å². The van der Waals surface area contributed by atoms with Crippen LogP contribution < -0.4 is 0 Å². The van der Waals surface area contributed by atoms with Gasteiger partial charge in [-0.2, -0.15) is 0 Å². The van der Waals surface area contributed by atoms with E-state index in [1.54, 1.807) is 6.92 Å². The maximum Gasteiger partial charge on any atom is 0.0852 e. The fourth-order valence-corrected chi connectivity index (χ4v) is 1.90. The number of aryl methyl sites for hydroxylation is 3. The van der Waals surface area contributed by atoms with E-state index in [-0.39, 0.29) is 6.61 Å². The van der Waals surface area contributed by atoms with Crippen molar-refractivity contribution in [2.45, 2.75) is 39.2 Å². The zero-order chi connectivity index (χ0) is 12.3. The standard InChI is InChI=1S/C13H19BrO2/c1-9-6-11(7-10(2)12(9)14)4-5-13(3,16)8-15/h6-7,15-16H,4-5,8H2,1-3H3/t13-/m1/s1. The molecule has 0 aliphatic heterocycles. The molecular weight excluding hydrogens is 268 g/mol. The van der Waals surface area contributed by atoms with E-state index in [4.69, 9.17) is 5.11 Å². The fraction of sp³-hybridized carbons (Fsp3) is 0.538. The zero-order valence-corrected chi connectivity index (χ0v) is 11.6. The Morgan fingerprint density at radius 3 is 2.19 bits per heavy atom. The van der Waals surface area contributed by atoms with Gasteiger partial charge in [-0.25, -0.2) is 0 Å². The van der Waals surface area contributed by atoms with Crippen molar-refractivity contribution in [1.82, 2.24) is 0 Å². The average Bonchev–Trinajstić information content (AvgIpc) is 2.23. The summed E-state index contributed by atoms with van der Waals surface area (Å²) in [6.45, 7) is 5.59. The van der Waals surface area contributed by atoms with Crippen LogP contribution in [-0.2, 0) is 6.42 Å². The molecule has 0 radical (unpaired) electrons. The molecule has 0 amide bonds. The molecule has 0 saturated heterocycles. The van der Waals surface area contributed by atoms with E-state index in [0.717, 1.165) is 10.9 Å². The molecule has 1 rings (SSSR count). The molecule has 0 unspecified atom stereocenters. The van der Waals surface area contributed by atoms with Crippen LogP contribution >= 0.6 is 15.9 Å². The van der Waals surface area contributed by atoms with Gasteiger partial charge in [0.2, 0.25) is 0 Å². The number of hydrogen-bond acceptors (Lipinski definition) is 2. The lowest BCUT2D eigenvalue weighted by molar-refractivity contribution is -0.00474. The van der Waals surface area contributed by atoms with Crippen LogP contribution in [0.2, 0.25) is 0 Å². The Bertz CT molecular complexity index is 349. The molecule has 0 aliphatic rings. The summed E-state index contributed by atoms with van der Waals surface area (Å²) in [6.07, 6.45) is 1.35. The highest BCUT2D eigenvalue weighted by atomic mass is 79.9. The van der Waals surface area contributed by atoms with Gasteiger partial charge in [0.05, 0.1) is 12.2 Å². The van der Waals surface area contributed by atoms with E-state index in [0.29, 0.717) is 6.42 Å². The van der Waals surface area contributed by atoms with Crippen molar-refractivity contribution >= 4 is 15.9 Å². The van der Waals surface area contributed by atoms with Gasteiger partial charge >= 0.3 is 0 Å². The van der Waals surface area contributed by atoms with Crippen molar-refractivity contribution in [2.75, 3.05) is 6.61 Å². The third kappa shape index (κ3) is 3.58. The minimum Gasteiger partial charge on any atom is -0.393 e. The van der Waals surface area contributed by atoms with Crippen molar-refractivity contribution in [1.29, 1.82) is 0 Å². The van der Waals surface area contributed by atoms with Crippen molar-refractivity contribution in [2.24, 2.45) is 0 Å². The maximum absolute atomic E-state index is 9.72. The minimum atomic E-state index is -0.977. The van der Waals surface area contributed by atoms with Gasteiger partial charge in [0.1, 0.15) is 0 Å². The van der Waals surface area contributed by atoms with E-state index in [9.17, 15) is 5.11 Å². The molecule has 2 N–H and O–H groups in total. The smallest absolute Gasteiger partial charge is 0.0852 e. The Labute approximate surface area is 105 Å². The van der Waals surface area contributed by atoms with E-state index in [1.807, 2.05) is 0 Å². The van der Waals surface area contributed by atoms with Crippen molar-refractivity contribution in [3.8, 4) is 0 Å². The molecule has 1 atom stereocenters. The number of aliphatic hydroxyl groups excluding tert-OH is 1. The second-order valence-corrected chi connectivity index (χ2v) is 5.49. The van der Waals surface area contributed by atoms with E-state index in [1.165, 1.54) is 16.7 Å². The first-order valence-corrected chi connectivity index (χ1v) is 6.24. The Morgan fingerprint density at radius 2 is 1.75 bits per heavy atom. The van der Waals surface area contributed by atoms with Crippen LogP contribution in [0.5, 0.6) is 0 Å². The summed E-state index contributed by atoms with van der Waals surface area (Å²) >= 11 is 3.53. The fourth-order valence-electron chi connectivity index (χ4n) is 1.67. The van der Waals surface area contributed by atoms with Gasteiger partial charge in [-0.05, 0) is 50.3 Å². The first-order valence-electron chi connectivity index (χ1n) is 5.44. The largest absolute Gasteiger partial charge is 0.393 e. The SMILES string of the molecule is Cc1cc(CC[C@@](C)(O)CO)cc(C)c1Br. The summed E-state index contributed by atoms with van der Waals surface area (Å²) in [5, 5.41) is 18.7. The highest BCUT2D eigenvalue weighted by Crippen LogP contribution is 2.24. The normalized spacial score (nSPS) is 14.9. The molecule has 1 aromatic rings. The molecule has 0 saturated carbocycles. The minimum absolute atomic E-state index is 0.193. The van der Waals surface area contributed by atoms with Crippen LogP contribution in [0.25, 0.3) is 0 Å². The molecule has 0 aliphatic carbocycles. The molecule has 0 aromatic heterocycles. The molecule has 16 heavy (non-hydrogen) atoms. The lowest BCUT2D eigenvalue weighted by Crippen LogP contribution is -2.29. The molecular formula is C13H19BrO2. The highest BCUT2D eigenvalue weighted by Gasteiger charge is 2.18. The summed E-state index contributed by atoms with van der Waals surface area (Å²) in [5.74, 6) is 0. The van der Waals surface area contributed by atoms with Gasteiger partial charge in [-0.3, -0.25) is 0 Å². The van der Waals surface area contributed by atoms with Gasteiger partial charge in [0, 0.05) is 4.47 Å². The number of aliphatic hydroxyl groups is 2. The molecule has 0 spiro atoms. The third-order valence-electron chi connectivity index (χ3n) is 2.79. The van der Waals surface area contributed by atoms with Crippen LogP contribution in [0.15, 0.2) is 16.6 Å². The lowest BCUT2D eigenvalue weighted by atomic mass is 9.96. The van der Waals surface area contributed by atoms with Crippen molar-refractivity contribution in [3.63, 3.8) is 0 Å². The second-order valence-electron chi connectivity index (χ2n) is 4.70. The average molecular weight is 287 g/mol. The number of benzene rings is 1. The second kappa shape index (κ2) is 5.30. The Kier molecular flexibility index (Phi) is 4.53. The van der Waals surface area contributed by atoms with Crippen LogP contribution in [0, 0.1) is 13.8 Å². The van der Waals surface area contributed by atoms with Crippen LogP contribution in [0.3, 0.4) is 0 Å². The van der Waals surface area contributed by atoms with Gasteiger partial charge < -0.3 is 10.2 Å². The topological polar surface area (TPSA) is 40.5 Å². The van der Waals surface area contributed by atoms with Crippen molar-refractivity contribution in [3.05, 3.63) is 33.3 Å². The molecule has 90 valence electrons. The number of rotatable bonds is 4. The summed E-state index contributed by atoms with van der Waals surface area (Å²) in [5.41, 5.74) is 2.64. The van der Waals surface area contributed by atoms with E-state index in [2.05, 4.69) is 41.9 Å². The van der Waals surface area contributed by atoms with Crippen molar-refractivity contribution < 1.29 is 10.2 Å². The Hall–Kier alpha value is -0.380. The monoisotopic (exact) mass is 286 g/mol. The van der Waals surface area contributed by atoms with E-state index < -0.39 is 5.60 Å². The predicted octanol–water partition coefficient (Wildman–Crippen LogP) is 2.74. The molecule has 3 heteroatoms. The number of halogens is 1. The molecule has 0 bridgehead atoms. The summed E-state index contributed by atoms with van der Waals surface area (Å²) < 4.78 is 1.14. The van der Waals surface area contributed by atoms with Gasteiger partial charge in [0.25, 0.3) is 0 Å². The lowest BCUT2D eigenvalue weighted by Gasteiger charge is -2.20. The van der Waals surface area contributed by atoms with Gasteiger partial charge in [-0.15, -0.1) is 0 Å². The Balaban J connectivity index is 2.76. The highest BCUT2D eigenvalue weighted by molar-refractivity contribution is 9.10. The Morgan fingerprint density at radius 1 is 1.25 bits per heavy atom. The molecule has 0 heterocycles. The van der Waals surface area contributed by atoms with Gasteiger partial charge in [0.15, 0.2) is 0 Å². The summed E-state index contributed by atoms with van der Waals surface area (Å²) in [4.78, 5) is 0. The third-order valence-corrected chi connectivity index (χ3v) is 4.04. The first kappa shape index (κ1) is 13.7. The predicted molar refractivity (Wildman–Crippen MR) is 69.6 cm³/mol. The molecule has 0 fully saturated rings. The molecule has 1 aromatic carbocycles. The van der Waals surface area contributed by atoms with Crippen LogP contribution in [0.1, 0.15) is 30.0 Å². The zero-order valence-electron chi connectivity index (χ0n) is 10.0. The van der Waals surface area contributed by atoms with E-state index >= 15 is 0 Å².